The van der Waals surface area contributed by atoms with Crippen molar-refractivity contribution < 1.29 is 9.84 Å². The van der Waals surface area contributed by atoms with Gasteiger partial charge in [-0.15, -0.1) is 0 Å². The van der Waals surface area contributed by atoms with Crippen molar-refractivity contribution in [3.05, 3.63) is 23.9 Å². The van der Waals surface area contributed by atoms with Crippen LogP contribution in [0.3, 0.4) is 0 Å². The highest BCUT2D eigenvalue weighted by Crippen LogP contribution is 2.06. The SMILES string of the molecule is COc1cccc(CCO)n1. The summed E-state index contributed by atoms with van der Waals surface area (Å²) in [4.78, 5) is 4.10. The van der Waals surface area contributed by atoms with Gasteiger partial charge < -0.3 is 9.84 Å². The van der Waals surface area contributed by atoms with E-state index in [0.717, 1.165) is 5.69 Å². The molecular formula is C8H11NO2. The van der Waals surface area contributed by atoms with Gasteiger partial charge in [0, 0.05) is 24.8 Å². The molecule has 1 heterocycles. The molecule has 0 saturated carbocycles. The van der Waals surface area contributed by atoms with E-state index in [4.69, 9.17) is 9.84 Å². The lowest BCUT2D eigenvalue weighted by Crippen LogP contribution is -1.95. The molecule has 0 saturated heterocycles. The molecule has 0 aliphatic heterocycles. The molecule has 3 heteroatoms. The van der Waals surface area contributed by atoms with Crippen LogP contribution in [0.4, 0.5) is 0 Å². The number of rotatable bonds is 3. The Balaban J connectivity index is 2.74. The Morgan fingerprint density at radius 1 is 1.55 bits per heavy atom. The summed E-state index contributed by atoms with van der Waals surface area (Å²) >= 11 is 0. The lowest BCUT2D eigenvalue weighted by Gasteiger charge is -2.00. The van der Waals surface area contributed by atoms with E-state index < -0.39 is 0 Å². The van der Waals surface area contributed by atoms with Crippen LogP contribution < -0.4 is 4.74 Å². The highest BCUT2D eigenvalue weighted by Gasteiger charge is 1.94. The van der Waals surface area contributed by atoms with Gasteiger partial charge in [-0.2, -0.15) is 0 Å². The van der Waals surface area contributed by atoms with E-state index in [0.29, 0.717) is 12.3 Å². The number of aliphatic hydroxyl groups is 1. The lowest BCUT2D eigenvalue weighted by molar-refractivity contribution is 0.297. The molecule has 0 radical (unpaired) electrons. The smallest absolute Gasteiger partial charge is 0.213 e. The van der Waals surface area contributed by atoms with Crippen molar-refractivity contribution in [2.24, 2.45) is 0 Å². The van der Waals surface area contributed by atoms with Crippen molar-refractivity contribution in [1.82, 2.24) is 4.98 Å². The predicted molar refractivity (Wildman–Crippen MR) is 41.6 cm³/mol. The molecule has 3 nitrogen and oxygen atoms in total. The highest BCUT2D eigenvalue weighted by atomic mass is 16.5. The number of ether oxygens (including phenoxy) is 1. The van der Waals surface area contributed by atoms with Crippen LogP contribution in [0.15, 0.2) is 18.2 Å². The molecule has 0 unspecified atom stereocenters. The van der Waals surface area contributed by atoms with Crippen LogP contribution in [0.1, 0.15) is 5.69 Å². The number of hydrogen-bond donors (Lipinski definition) is 1. The van der Waals surface area contributed by atoms with E-state index in [-0.39, 0.29) is 6.61 Å². The molecule has 0 fully saturated rings. The number of nitrogens with zero attached hydrogens (tertiary/aromatic N) is 1. The molecule has 1 aromatic rings. The maximum absolute atomic E-state index is 8.60. The molecule has 1 aromatic heterocycles. The van der Waals surface area contributed by atoms with E-state index >= 15 is 0 Å². The molecule has 0 bridgehead atoms. The third-order valence-electron chi connectivity index (χ3n) is 1.36. The van der Waals surface area contributed by atoms with E-state index in [1.54, 1.807) is 13.2 Å². The number of pyridine rings is 1. The first-order valence-corrected chi connectivity index (χ1v) is 3.47. The Hall–Kier alpha value is -1.09. The van der Waals surface area contributed by atoms with Gasteiger partial charge in [-0.25, -0.2) is 4.98 Å². The molecule has 1 rings (SSSR count). The largest absolute Gasteiger partial charge is 0.481 e. The second kappa shape index (κ2) is 3.93. The molecule has 60 valence electrons. The number of aliphatic hydroxyl groups excluding tert-OH is 1. The predicted octanol–water partition coefficient (Wildman–Crippen LogP) is 0.625. The summed E-state index contributed by atoms with van der Waals surface area (Å²) < 4.78 is 4.91. The van der Waals surface area contributed by atoms with E-state index in [9.17, 15) is 0 Å². The molecule has 0 aliphatic carbocycles. The molecular weight excluding hydrogens is 142 g/mol. The van der Waals surface area contributed by atoms with Crippen molar-refractivity contribution in [3.63, 3.8) is 0 Å². The van der Waals surface area contributed by atoms with Gasteiger partial charge in [0.15, 0.2) is 0 Å². The third-order valence-corrected chi connectivity index (χ3v) is 1.36. The van der Waals surface area contributed by atoms with Crippen LogP contribution in [0.25, 0.3) is 0 Å². The number of aromatic nitrogens is 1. The minimum absolute atomic E-state index is 0.125. The summed E-state index contributed by atoms with van der Waals surface area (Å²) in [5.41, 5.74) is 0.854. The number of methoxy groups -OCH3 is 1. The zero-order chi connectivity index (χ0) is 8.10. The summed E-state index contributed by atoms with van der Waals surface area (Å²) in [6, 6.07) is 5.50. The number of hydrogen-bond acceptors (Lipinski definition) is 3. The third kappa shape index (κ3) is 2.20. The Morgan fingerprint density at radius 2 is 2.36 bits per heavy atom. The maximum Gasteiger partial charge on any atom is 0.213 e. The quantitative estimate of drug-likeness (QED) is 0.692. The van der Waals surface area contributed by atoms with Gasteiger partial charge in [-0.05, 0) is 6.07 Å². The summed E-state index contributed by atoms with van der Waals surface area (Å²) in [5.74, 6) is 0.593. The van der Waals surface area contributed by atoms with Crippen LogP contribution in [0.5, 0.6) is 5.88 Å². The monoisotopic (exact) mass is 153 g/mol. The first kappa shape index (κ1) is 8.01. The summed E-state index contributed by atoms with van der Waals surface area (Å²) in [6.07, 6.45) is 0.581. The highest BCUT2D eigenvalue weighted by molar-refractivity contribution is 5.15. The van der Waals surface area contributed by atoms with Gasteiger partial charge in [0.2, 0.25) is 5.88 Å². The van der Waals surface area contributed by atoms with Gasteiger partial charge in [0.05, 0.1) is 7.11 Å². The fraction of sp³-hybridized carbons (Fsp3) is 0.375. The summed E-state index contributed by atoms with van der Waals surface area (Å²) in [7, 11) is 1.57. The normalized spacial score (nSPS) is 9.64. The fourth-order valence-electron chi connectivity index (χ4n) is 0.825. The standard InChI is InChI=1S/C8H11NO2/c1-11-8-4-2-3-7(9-8)5-6-10/h2-4,10H,5-6H2,1H3. The van der Waals surface area contributed by atoms with E-state index in [2.05, 4.69) is 4.98 Å². The van der Waals surface area contributed by atoms with E-state index in [1.807, 2.05) is 12.1 Å². The summed E-state index contributed by atoms with van der Waals surface area (Å²) in [5, 5.41) is 8.60. The van der Waals surface area contributed by atoms with Crippen molar-refractivity contribution in [1.29, 1.82) is 0 Å². The van der Waals surface area contributed by atoms with Crippen LogP contribution in [-0.4, -0.2) is 23.8 Å². The zero-order valence-corrected chi connectivity index (χ0v) is 6.45. The van der Waals surface area contributed by atoms with Gasteiger partial charge in [-0.3, -0.25) is 0 Å². The van der Waals surface area contributed by atoms with Gasteiger partial charge in [-0.1, -0.05) is 6.07 Å². The Labute approximate surface area is 65.7 Å². The van der Waals surface area contributed by atoms with Crippen LogP contribution >= 0.6 is 0 Å². The molecule has 0 spiro atoms. The summed E-state index contributed by atoms with van der Waals surface area (Å²) in [6.45, 7) is 0.125. The van der Waals surface area contributed by atoms with Crippen molar-refractivity contribution in [3.8, 4) is 5.88 Å². The van der Waals surface area contributed by atoms with Crippen LogP contribution in [-0.2, 0) is 6.42 Å². The van der Waals surface area contributed by atoms with Gasteiger partial charge in [0.25, 0.3) is 0 Å². The van der Waals surface area contributed by atoms with Crippen LogP contribution in [0.2, 0.25) is 0 Å². The Bertz CT molecular complexity index is 225. The molecule has 0 amide bonds. The first-order chi connectivity index (χ1) is 5.36. The molecule has 0 aliphatic rings. The second-order valence-corrected chi connectivity index (χ2v) is 2.14. The second-order valence-electron chi connectivity index (χ2n) is 2.14. The first-order valence-electron chi connectivity index (χ1n) is 3.47. The van der Waals surface area contributed by atoms with Gasteiger partial charge >= 0.3 is 0 Å². The topological polar surface area (TPSA) is 42.4 Å². The van der Waals surface area contributed by atoms with Crippen molar-refractivity contribution in [2.45, 2.75) is 6.42 Å². The maximum atomic E-state index is 8.60. The average molecular weight is 153 g/mol. The molecule has 11 heavy (non-hydrogen) atoms. The van der Waals surface area contributed by atoms with Crippen molar-refractivity contribution >= 4 is 0 Å². The minimum Gasteiger partial charge on any atom is -0.481 e. The molecule has 0 aromatic carbocycles. The lowest BCUT2D eigenvalue weighted by atomic mass is 10.3. The Kier molecular flexibility index (Phi) is 2.86. The molecule has 1 N–H and O–H groups in total. The van der Waals surface area contributed by atoms with Gasteiger partial charge in [0.1, 0.15) is 0 Å². The minimum atomic E-state index is 0.125. The fourth-order valence-corrected chi connectivity index (χ4v) is 0.825. The van der Waals surface area contributed by atoms with Crippen molar-refractivity contribution in [2.75, 3.05) is 13.7 Å². The zero-order valence-electron chi connectivity index (χ0n) is 6.45. The van der Waals surface area contributed by atoms with E-state index in [1.165, 1.54) is 0 Å². The molecule has 0 atom stereocenters. The Morgan fingerprint density at radius 3 is 3.00 bits per heavy atom. The average Bonchev–Trinajstić information content (AvgIpc) is 2.06. The van der Waals surface area contributed by atoms with Crippen LogP contribution in [0, 0.1) is 0 Å².